The van der Waals surface area contributed by atoms with Gasteiger partial charge in [-0.3, -0.25) is 4.98 Å². The van der Waals surface area contributed by atoms with E-state index in [0.29, 0.717) is 0 Å². The average Bonchev–Trinajstić information content (AvgIpc) is 2.34. The van der Waals surface area contributed by atoms with Crippen LogP contribution in [-0.4, -0.2) is 11.5 Å². The summed E-state index contributed by atoms with van der Waals surface area (Å²) in [7, 11) is 0. The third-order valence-corrected chi connectivity index (χ3v) is 1.27. The summed E-state index contributed by atoms with van der Waals surface area (Å²) >= 11 is 0. The van der Waals surface area contributed by atoms with E-state index in [1.54, 1.807) is 0 Å². The van der Waals surface area contributed by atoms with E-state index < -0.39 is 0 Å². The fourth-order valence-electron chi connectivity index (χ4n) is 0.754. The van der Waals surface area contributed by atoms with E-state index in [2.05, 4.69) is 15.3 Å². The first-order valence-corrected chi connectivity index (χ1v) is 3.24. The van der Waals surface area contributed by atoms with Crippen LogP contribution in [0.15, 0.2) is 18.7 Å². The second-order valence-electron chi connectivity index (χ2n) is 2.06. The van der Waals surface area contributed by atoms with Crippen molar-refractivity contribution in [1.82, 2.24) is 4.98 Å². The summed E-state index contributed by atoms with van der Waals surface area (Å²) < 4.78 is 2.12. The predicted molar refractivity (Wildman–Crippen MR) is 33.4 cm³/mol. The van der Waals surface area contributed by atoms with Gasteiger partial charge in [-0.1, -0.05) is 0 Å². The highest BCUT2D eigenvalue weighted by Crippen LogP contribution is 1.73. The Morgan fingerprint density at radius 2 is 2.44 bits per heavy atom. The van der Waals surface area contributed by atoms with Crippen LogP contribution < -0.4 is 10.3 Å². The smallest absolute Gasteiger partial charge is 0.241 e. The molecule has 0 amide bonds. The highest BCUT2D eigenvalue weighted by Gasteiger charge is 1.93. The van der Waals surface area contributed by atoms with Gasteiger partial charge in [0.25, 0.3) is 0 Å². The molecule has 9 heavy (non-hydrogen) atoms. The zero-order chi connectivity index (χ0) is 6.53. The Morgan fingerprint density at radius 1 is 1.56 bits per heavy atom. The van der Waals surface area contributed by atoms with Gasteiger partial charge in [0, 0.05) is 6.42 Å². The van der Waals surface area contributed by atoms with E-state index in [1.807, 2.05) is 18.7 Å². The van der Waals surface area contributed by atoms with Crippen molar-refractivity contribution in [3.05, 3.63) is 18.7 Å². The summed E-state index contributed by atoms with van der Waals surface area (Å²) in [6.45, 7) is 2.09. The molecule has 0 atom stereocenters. The van der Waals surface area contributed by atoms with Crippen molar-refractivity contribution in [2.75, 3.05) is 6.54 Å². The number of hydrogen-bond donors (Lipinski definition) is 2. The SMILES string of the molecule is [NH3+]CCC[n+]1cc[nH]c1. The molecule has 0 radical (unpaired) electrons. The van der Waals surface area contributed by atoms with Crippen molar-refractivity contribution in [2.45, 2.75) is 13.0 Å². The molecular weight excluding hydrogens is 114 g/mol. The molecule has 0 unspecified atom stereocenters. The Balaban J connectivity index is 2.30. The number of aryl methyl sites for hydroxylation is 1. The van der Waals surface area contributed by atoms with Gasteiger partial charge in [0.15, 0.2) is 0 Å². The van der Waals surface area contributed by atoms with Crippen molar-refractivity contribution >= 4 is 0 Å². The van der Waals surface area contributed by atoms with Crippen LogP contribution in [-0.2, 0) is 6.54 Å². The zero-order valence-corrected chi connectivity index (χ0v) is 5.51. The number of nitrogens with one attached hydrogen (secondary N) is 1. The lowest BCUT2D eigenvalue weighted by Crippen LogP contribution is -2.51. The molecule has 1 aromatic heterocycles. The lowest BCUT2D eigenvalue weighted by atomic mass is 10.4. The fourth-order valence-corrected chi connectivity index (χ4v) is 0.754. The van der Waals surface area contributed by atoms with Gasteiger partial charge in [-0.15, -0.1) is 0 Å². The highest BCUT2D eigenvalue weighted by atomic mass is 15.0. The van der Waals surface area contributed by atoms with Gasteiger partial charge in [-0.2, -0.15) is 0 Å². The Morgan fingerprint density at radius 3 is 3.00 bits per heavy atom. The Labute approximate surface area is 54.5 Å². The summed E-state index contributed by atoms with van der Waals surface area (Å²) in [6, 6.07) is 0. The molecule has 0 aliphatic rings. The largest absolute Gasteiger partial charge is 0.357 e. The maximum absolute atomic E-state index is 3.76. The molecule has 4 N–H and O–H groups in total. The Hall–Kier alpha value is -0.830. The molecule has 3 nitrogen and oxygen atoms in total. The van der Waals surface area contributed by atoms with Crippen molar-refractivity contribution in [2.24, 2.45) is 0 Å². The molecule has 0 saturated heterocycles. The minimum absolute atomic E-state index is 1.01. The second-order valence-corrected chi connectivity index (χ2v) is 2.06. The molecular formula is C6H13N3+2. The lowest BCUT2D eigenvalue weighted by molar-refractivity contribution is -0.697. The number of nitrogens with zero attached hydrogens (tertiary/aromatic N) is 1. The van der Waals surface area contributed by atoms with Crippen LogP contribution in [0.5, 0.6) is 0 Å². The molecule has 1 rings (SSSR count). The van der Waals surface area contributed by atoms with Crippen molar-refractivity contribution < 1.29 is 10.3 Å². The summed E-state index contributed by atoms with van der Waals surface area (Å²) in [4.78, 5) is 2.98. The molecule has 0 fully saturated rings. The fraction of sp³-hybridized carbons (Fsp3) is 0.500. The van der Waals surface area contributed by atoms with Crippen LogP contribution in [0, 0.1) is 0 Å². The molecule has 3 heteroatoms. The Bertz CT molecular complexity index is 145. The molecule has 0 spiro atoms. The average molecular weight is 127 g/mol. The first kappa shape index (κ1) is 6.29. The number of quaternary nitrogens is 1. The standard InChI is InChI=1S/C6H11N3/c7-2-1-4-9-5-3-8-6-9/h3,5-6H,1-2,4,7H2/p+2. The van der Waals surface area contributed by atoms with Gasteiger partial charge in [0.2, 0.25) is 6.33 Å². The van der Waals surface area contributed by atoms with Crippen LogP contribution in [0.2, 0.25) is 0 Å². The van der Waals surface area contributed by atoms with Crippen LogP contribution in [0.25, 0.3) is 0 Å². The van der Waals surface area contributed by atoms with Crippen LogP contribution in [0.4, 0.5) is 0 Å². The van der Waals surface area contributed by atoms with Gasteiger partial charge in [0.1, 0.15) is 12.4 Å². The quantitative estimate of drug-likeness (QED) is 0.486. The maximum Gasteiger partial charge on any atom is 0.241 e. The lowest BCUT2D eigenvalue weighted by Gasteiger charge is -1.88. The summed E-state index contributed by atoms with van der Waals surface area (Å²) in [5.74, 6) is 0. The molecule has 0 aromatic carbocycles. The van der Waals surface area contributed by atoms with Crippen LogP contribution in [0.1, 0.15) is 6.42 Å². The summed E-state index contributed by atoms with van der Waals surface area (Å²) in [5, 5.41) is 0. The minimum Gasteiger partial charge on any atom is -0.357 e. The van der Waals surface area contributed by atoms with Crippen LogP contribution in [0.3, 0.4) is 0 Å². The van der Waals surface area contributed by atoms with E-state index in [1.165, 1.54) is 0 Å². The molecule has 1 aromatic rings. The van der Waals surface area contributed by atoms with E-state index in [-0.39, 0.29) is 0 Å². The van der Waals surface area contributed by atoms with Crippen LogP contribution >= 0.6 is 0 Å². The molecule has 50 valence electrons. The highest BCUT2D eigenvalue weighted by molar-refractivity contribution is 4.55. The summed E-state index contributed by atoms with van der Waals surface area (Å²) in [5.41, 5.74) is 3.76. The zero-order valence-electron chi connectivity index (χ0n) is 5.51. The maximum atomic E-state index is 3.76. The number of aromatic nitrogens is 2. The normalized spacial score (nSPS) is 9.89. The third-order valence-electron chi connectivity index (χ3n) is 1.27. The van der Waals surface area contributed by atoms with E-state index in [0.717, 1.165) is 19.5 Å². The minimum atomic E-state index is 1.01. The number of rotatable bonds is 3. The van der Waals surface area contributed by atoms with Crippen molar-refractivity contribution in [1.29, 1.82) is 0 Å². The number of imidazole rings is 1. The summed E-state index contributed by atoms with van der Waals surface area (Å²) in [6.07, 6.45) is 7.05. The molecule has 0 aliphatic heterocycles. The molecule has 0 bridgehead atoms. The molecule has 0 saturated carbocycles. The van der Waals surface area contributed by atoms with Gasteiger partial charge in [0.05, 0.1) is 13.1 Å². The first-order valence-electron chi connectivity index (χ1n) is 3.24. The van der Waals surface area contributed by atoms with Crippen molar-refractivity contribution in [3.8, 4) is 0 Å². The van der Waals surface area contributed by atoms with Gasteiger partial charge < -0.3 is 5.73 Å². The van der Waals surface area contributed by atoms with Gasteiger partial charge in [-0.25, -0.2) is 4.57 Å². The molecule has 1 heterocycles. The third kappa shape index (κ3) is 1.85. The number of hydrogen-bond acceptors (Lipinski definition) is 0. The first-order chi connectivity index (χ1) is 4.43. The van der Waals surface area contributed by atoms with Crippen molar-refractivity contribution in [3.63, 3.8) is 0 Å². The number of aromatic amines is 1. The van der Waals surface area contributed by atoms with Gasteiger partial charge >= 0.3 is 0 Å². The van der Waals surface area contributed by atoms with E-state index in [9.17, 15) is 0 Å². The number of H-pyrrole nitrogens is 1. The van der Waals surface area contributed by atoms with Gasteiger partial charge in [-0.05, 0) is 0 Å². The topological polar surface area (TPSA) is 47.3 Å². The predicted octanol–water partition coefficient (Wildman–Crippen LogP) is -1.07. The monoisotopic (exact) mass is 127 g/mol. The second kappa shape index (κ2) is 3.25. The molecule has 0 aliphatic carbocycles. The van der Waals surface area contributed by atoms with E-state index in [4.69, 9.17) is 0 Å². The Kier molecular flexibility index (Phi) is 2.27. The van der Waals surface area contributed by atoms with E-state index >= 15 is 0 Å².